The van der Waals surface area contributed by atoms with Gasteiger partial charge in [-0.1, -0.05) is 6.07 Å². The lowest BCUT2D eigenvalue weighted by molar-refractivity contribution is 0.639. The highest BCUT2D eigenvalue weighted by molar-refractivity contribution is 5.77. The number of hydrogen-bond donors (Lipinski definition) is 1. The first-order valence-corrected chi connectivity index (χ1v) is 5.91. The summed E-state index contributed by atoms with van der Waals surface area (Å²) in [6.07, 6.45) is 2.53. The van der Waals surface area contributed by atoms with Crippen LogP contribution >= 0.6 is 0 Å². The van der Waals surface area contributed by atoms with Crippen molar-refractivity contribution < 1.29 is 0 Å². The van der Waals surface area contributed by atoms with Crippen LogP contribution in [-0.4, -0.2) is 9.55 Å². The molecule has 0 bridgehead atoms. The Labute approximate surface area is 95.3 Å². The van der Waals surface area contributed by atoms with Crippen molar-refractivity contribution in [3.8, 4) is 0 Å². The third kappa shape index (κ3) is 1.43. The van der Waals surface area contributed by atoms with Gasteiger partial charge < -0.3 is 10.3 Å². The molecule has 1 aromatic carbocycles. The van der Waals surface area contributed by atoms with Crippen LogP contribution in [0, 0.1) is 6.92 Å². The Morgan fingerprint density at radius 2 is 2.19 bits per heavy atom. The van der Waals surface area contributed by atoms with Gasteiger partial charge in [0.15, 0.2) is 0 Å². The molecule has 0 radical (unpaired) electrons. The Bertz CT molecular complexity index is 535. The van der Waals surface area contributed by atoms with Gasteiger partial charge in [0.2, 0.25) is 0 Å². The van der Waals surface area contributed by atoms with Gasteiger partial charge in [0.05, 0.1) is 17.1 Å². The summed E-state index contributed by atoms with van der Waals surface area (Å²) in [5.41, 5.74) is 9.57. The highest BCUT2D eigenvalue weighted by Crippen LogP contribution is 2.39. The summed E-state index contributed by atoms with van der Waals surface area (Å²) in [5, 5.41) is 0. The third-order valence-corrected chi connectivity index (χ3v) is 3.19. The molecule has 3 nitrogen and oxygen atoms in total. The minimum Gasteiger partial charge on any atom is -0.324 e. The summed E-state index contributed by atoms with van der Waals surface area (Å²) in [7, 11) is 0. The van der Waals surface area contributed by atoms with Crippen molar-refractivity contribution in [3.63, 3.8) is 0 Å². The van der Waals surface area contributed by atoms with E-state index in [1.54, 1.807) is 0 Å². The predicted octanol–water partition coefficient (Wildman–Crippen LogP) is 2.70. The van der Waals surface area contributed by atoms with Gasteiger partial charge in [0.25, 0.3) is 0 Å². The summed E-state index contributed by atoms with van der Waals surface area (Å²) in [4.78, 5) is 4.67. The van der Waals surface area contributed by atoms with Crippen LogP contribution < -0.4 is 5.73 Å². The molecule has 1 unspecified atom stereocenters. The van der Waals surface area contributed by atoms with Crippen LogP contribution in [0.15, 0.2) is 18.2 Å². The summed E-state index contributed by atoms with van der Waals surface area (Å²) in [5.74, 6) is 1.03. The lowest BCUT2D eigenvalue weighted by atomic mass is 10.2. The first-order chi connectivity index (χ1) is 7.66. The van der Waals surface area contributed by atoms with Gasteiger partial charge in [0, 0.05) is 6.04 Å². The van der Waals surface area contributed by atoms with E-state index < -0.39 is 0 Å². The van der Waals surface area contributed by atoms with Crippen LogP contribution in [0.3, 0.4) is 0 Å². The maximum atomic E-state index is 6.00. The summed E-state index contributed by atoms with van der Waals surface area (Å²) >= 11 is 0. The van der Waals surface area contributed by atoms with Crippen molar-refractivity contribution in [2.45, 2.75) is 38.8 Å². The van der Waals surface area contributed by atoms with Gasteiger partial charge in [-0.2, -0.15) is 0 Å². The highest BCUT2D eigenvalue weighted by atomic mass is 15.1. The average molecular weight is 215 g/mol. The molecule has 1 heterocycles. The third-order valence-electron chi connectivity index (χ3n) is 3.19. The fraction of sp³-hybridized carbons (Fsp3) is 0.462. The fourth-order valence-electron chi connectivity index (χ4n) is 2.27. The molecule has 1 fully saturated rings. The van der Waals surface area contributed by atoms with Crippen molar-refractivity contribution in [3.05, 3.63) is 29.6 Å². The standard InChI is InChI=1S/C13H17N3/c1-8-3-6-12-11(7-8)15-13(9(2)14)16(12)10-4-5-10/h3,6-7,9-10H,4-5,14H2,1-2H3. The first-order valence-electron chi connectivity index (χ1n) is 5.91. The number of imidazole rings is 1. The van der Waals surface area contributed by atoms with Crippen LogP contribution in [0.5, 0.6) is 0 Å². The second-order valence-corrected chi connectivity index (χ2v) is 4.85. The van der Waals surface area contributed by atoms with Crippen molar-refractivity contribution >= 4 is 11.0 Å². The van der Waals surface area contributed by atoms with E-state index in [4.69, 9.17) is 5.73 Å². The summed E-state index contributed by atoms with van der Waals surface area (Å²) in [6.45, 7) is 4.11. The van der Waals surface area contributed by atoms with Crippen molar-refractivity contribution in [1.29, 1.82) is 0 Å². The molecule has 2 N–H and O–H groups in total. The highest BCUT2D eigenvalue weighted by Gasteiger charge is 2.28. The van der Waals surface area contributed by atoms with Gasteiger partial charge in [-0.15, -0.1) is 0 Å². The quantitative estimate of drug-likeness (QED) is 0.837. The molecular formula is C13H17N3. The second-order valence-electron chi connectivity index (χ2n) is 4.85. The number of fused-ring (bicyclic) bond motifs is 1. The molecule has 1 aliphatic carbocycles. The van der Waals surface area contributed by atoms with E-state index >= 15 is 0 Å². The van der Waals surface area contributed by atoms with Crippen molar-refractivity contribution in [2.24, 2.45) is 5.73 Å². The van der Waals surface area contributed by atoms with Crippen LogP contribution in [0.1, 0.15) is 43.2 Å². The molecule has 0 aliphatic heterocycles. The van der Waals surface area contributed by atoms with Gasteiger partial charge in [0.1, 0.15) is 5.82 Å². The Kier molecular flexibility index (Phi) is 2.04. The van der Waals surface area contributed by atoms with Gasteiger partial charge in [-0.3, -0.25) is 0 Å². The number of aromatic nitrogens is 2. The van der Waals surface area contributed by atoms with Gasteiger partial charge >= 0.3 is 0 Å². The lowest BCUT2D eigenvalue weighted by Crippen LogP contribution is -2.12. The normalized spacial score (nSPS) is 17.9. The number of aryl methyl sites for hydroxylation is 1. The van der Waals surface area contributed by atoms with E-state index in [0.29, 0.717) is 6.04 Å². The molecule has 84 valence electrons. The Hall–Kier alpha value is -1.35. The Morgan fingerprint density at radius 1 is 1.44 bits per heavy atom. The topological polar surface area (TPSA) is 43.8 Å². The molecule has 3 rings (SSSR count). The number of rotatable bonds is 2. The summed E-state index contributed by atoms with van der Waals surface area (Å²) in [6, 6.07) is 7.09. The number of nitrogens with zero attached hydrogens (tertiary/aromatic N) is 2. The number of hydrogen-bond acceptors (Lipinski definition) is 2. The zero-order valence-corrected chi connectivity index (χ0v) is 9.77. The maximum Gasteiger partial charge on any atom is 0.126 e. The van der Waals surface area contributed by atoms with Crippen molar-refractivity contribution in [1.82, 2.24) is 9.55 Å². The molecule has 1 saturated carbocycles. The number of nitrogens with two attached hydrogens (primary N) is 1. The lowest BCUT2D eigenvalue weighted by Gasteiger charge is -2.09. The zero-order valence-electron chi connectivity index (χ0n) is 9.77. The zero-order chi connectivity index (χ0) is 11.3. The van der Waals surface area contributed by atoms with E-state index in [9.17, 15) is 0 Å². The molecular weight excluding hydrogens is 198 g/mol. The molecule has 1 aromatic heterocycles. The van der Waals surface area contributed by atoms with Gasteiger partial charge in [-0.05, 0) is 44.4 Å². The molecule has 16 heavy (non-hydrogen) atoms. The monoisotopic (exact) mass is 215 g/mol. The number of benzene rings is 1. The van der Waals surface area contributed by atoms with Crippen LogP contribution in [0.25, 0.3) is 11.0 Å². The first kappa shape index (κ1) is 9.85. The van der Waals surface area contributed by atoms with E-state index in [0.717, 1.165) is 11.3 Å². The Balaban J connectivity index is 2.28. The molecule has 0 amide bonds. The van der Waals surface area contributed by atoms with Crippen LogP contribution in [0.4, 0.5) is 0 Å². The minimum absolute atomic E-state index is 0.00769. The molecule has 2 aromatic rings. The fourth-order valence-corrected chi connectivity index (χ4v) is 2.27. The molecule has 0 spiro atoms. The molecule has 1 aliphatic rings. The Morgan fingerprint density at radius 3 is 2.81 bits per heavy atom. The second kappa shape index (κ2) is 3.32. The van der Waals surface area contributed by atoms with E-state index in [1.807, 2.05) is 6.92 Å². The maximum absolute atomic E-state index is 6.00. The smallest absolute Gasteiger partial charge is 0.126 e. The molecule has 3 heteroatoms. The van der Waals surface area contributed by atoms with E-state index in [-0.39, 0.29) is 6.04 Å². The molecule has 0 saturated heterocycles. The van der Waals surface area contributed by atoms with Crippen LogP contribution in [-0.2, 0) is 0 Å². The largest absolute Gasteiger partial charge is 0.324 e. The average Bonchev–Trinajstić information content (AvgIpc) is 2.99. The van der Waals surface area contributed by atoms with E-state index in [1.165, 1.54) is 23.9 Å². The molecule has 1 atom stereocenters. The minimum atomic E-state index is 0.00769. The summed E-state index contributed by atoms with van der Waals surface area (Å²) < 4.78 is 2.33. The predicted molar refractivity (Wildman–Crippen MR) is 65.3 cm³/mol. The SMILES string of the molecule is Cc1ccc2c(c1)nc(C(C)N)n2C1CC1. The van der Waals surface area contributed by atoms with Gasteiger partial charge in [-0.25, -0.2) is 4.98 Å². The van der Waals surface area contributed by atoms with Crippen LogP contribution in [0.2, 0.25) is 0 Å². The van der Waals surface area contributed by atoms with Crippen molar-refractivity contribution in [2.75, 3.05) is 0 Å². The van der Waals surface area contributed by atoms with E-state index in [2.05, 4.69) is 34.7 Å².